The second-order valence-electron chi connectivity index (χ2n) is 2.71. The minimum Gasteiger partial charge on any atom is -0.0732 e. The zero-order chi connectivity index (χ0) is 7.52. The second-order valence-corrected chi connectivity index (χ2v) is 2.71. The lowest BCUT2D eigenvalue weighted by Crippen LogP contribution is -1.90. The topological polar surface area (TPSA) is 0 Å². The lowest BCUT2D eigenvalue weighted by Gasteiger charge is -2.04. The SMILES string of the molecule is C1=C/C=C\C2C=CC=C2C=C1. The molecule has 0 radical (unpaired) electrons. The molecule has 2 aliphatic carbocycles. The molecule has 0 N–H and O–H groups in total. The van der Waals surface area contributed by atoms with Crippen molar-refractivity contribution >= 4 is 0 Å². The lowest BCUT2D eigenvalue weighted by atomic mass is 10.0. The predicted octanol–water partition coefficient (Wildman–Crippen LogP) is 2.78. The normalized spacial score (nSPS) is 29.1. The summed E-state index contributed by atoms with van der Waals surface area (Å²) in [5.74, 6) is 0.510. The molecular weight excluding hydrogens is 132 g/mol. The molecule has 0 heteroatoms. The Morgan fingerprint density at radius 2 is 1.64 bits per heavy atom. The van der Waals surface area contributed by atoms with Crippen LogP contribution in [0.15, 0.2) is 60.3 Å². The number of allylic oxidation sites excluding steroid dienone is 10. The molecule has 0 amide bonds. The molecular formula is C11H10. The van der Waals surface area contributed by atoms with Gasteiger partial charge in [-0.15, -0.1) is 0 Å². The molecule has 0 nitrogen and oxygen atoms in total. The van der Waals surface area contributed by atoms with E-state index in [2.05, 4.69) is 48.6 Å². The monoisotopic (exact) mass is 142 g/mol. The summed E-state index contributed by atoms with van der Waals surface area (Å²) < 4.78 is 0. The van der Waals surface area contributed by atoms with Crippen LogP contribution in [-0.2, 0) is 0 Å². The third-order valence-electron chi connectivity index (χ3n) is 1.93. The average molecular weight is 142 g/mol. The standard InChI is InChI=1S/C11H10/c1-2-4-7-11-9-5-8-10(11)6-3-1/h1-10H/b2-1?,6-3-,7-4?. The van der Waals surface area contributed by atoms with Crippen LogP contribution in [0.2, 0.25) is 0 Å². The highest BCUT2D eigenvalue weighted by Gasteiger charge is 2.07. The molecule has 0 fully saturated rings. The summed E-state index contributed by atoms with van der Waals surface area (Å²) in [6.45, 7) is 0. The Labute approximate surface area is 66.9 Å². The summed E-state index contributed by atoms with van der Waals surface area (Å²) in [5, 5.41) is 0. The third kappa shape index (κ3) is 1.25. The molecule has 0 aromatic rings. The Hall–Kier alpha value is -1.30. The first kappa shape index (κ1) is 6.41. The van der Waals surface area contributed by atoms with Gasteiger partial charge in [0.15, 0.2) is 0 Å². The van der Waals surface area contributed by atoms with Crippen LogP contribution in [0.5, 0.6) is 0 Å². The second kappa shape index (κ2) is 2.75. The molecule has 2 aliphatic rings. The fraction of sp³-hybridized carbons (Fsp3) is 0.0909. The van der Waals surface area contributed by atoms with Crippen LogP contribution in [0, 0.1) is 5.92 Å². The minimum absolute atomic E-state index is 0.510. The fourth-order valence-electron chi connectivity index (χ4n) is 1.33. The van der Waals surface area contributed by atoms with E-state index in [0.29, 0.717) is 5.92 Å². The molecule has 0 aliphatic heterocycles. The van der Waals surface area contributed by atoms with Crippen molar-refractivity contribution in [2.75, 3.05) is 0 Å². The predicted molar refractivity (Wildman–Crippen MR) is 48.1 cm³/mol. The Morgan fingerprint density at radius 3 is 2.64 bits per heavy atom. The Bertz CT molecular complexity index is 285. The first-order valence-electron chi connectivity index (χ1n) is 3.87. The van der Waals surface area contributed by atoms with Gasteiger partial charge in [0.05, 0.1) is 0 Å². The number of hydrogen-bond acceptors (Lipinski definition) is 0. The van der Waals surface area contributed by atoms with Crippen LogP contribution in [0.3, 0.4) is 0 Å². The van der Waals surface area contributed by atoms with Gasteiger partial charge in [0, 0.05) is 5.92 Å². The molecule has 0 aromatic heterocycles. The molecule has 0 spiro atoms. The highest BCUT2D eigenvalue weighted by atomic mass is 14.1. The van der Waals surface area contributed by atoms with Gasteiger partial charge in [0.25, 0.3) is 0 Å². The minimum atomic E-state index is 0.510. The zero-order valence-corrected chi connectivity index (χ0v) is 6.27. The van der Waals surface area contributed by atoms with E-state index in [9.17, 15) is 0 Å². The van der Waals surface area contributed by atoms with Gasteiger partial charge in [-0.25, -0.2) is 0 Å². The van der Waals surface area contributed by atoms with E-state index in [1.807, 2.05) is 6.08 Å². The zero-order valence-electron chi connectivity index (χ0n) is 6.27. The highest BCUT2D eigenvalue weighted by molar-refractivity contribution is 5.41. The van der Waals surface area contributed by atoms with Crippen molar-refractivity contribution in [3.63, 3.8) is 0 Å². The molecule has 1 atom stereocenters. The van der Waals surface area contributed by atoms with Gasteiger partial charge in [-0.3, -0.25) is 0 Å². The third-order valence-corrected chi connectivity index (χ3v) is 1.93. The molecule has 2 rings (SSSR count). The van der Waals surface area contributed by atoms with Crippen LogP contribution >= 0.6 is 0 Å². The largest absolute Gasteiger partial charge is 0.0732 e. The van der Waals surface area contributed by atoms with Gasteiger partial charge in [-0.1, -0.05) is 54.7 Å². The van der Waals surface area contributed by atoms with Crippen LogP contribution < -0.4 is 0 Å². The Morgan fingerprint density at radius 1 is 0.818 bits per heavy atom. The maximum atomic E-state index is 2.20. The van der Waals surface area contributed by atoms with Gasteiger partial charge in [0.1, 0.15) is 0 Å². The van der Waals surface area contributed by atoms with E-state index < -0.39 is 0 Å². The van der Waals surface area contributed by atoms with E-state index in [1.165, 1.54) is 5.57 Å². The van der Waals surface area contributed by atoms with Crippen molar-refractivity contribution in [2.24, 2.45) is 5.92 Å². The maximum absolute atomic E-state index is 2.20. The lowest BCUT2D eigenvalue weighted by molar-refractivity contribution is 1.03. The Balaban J connectivity index is 2.35. The van der Waals surface area contributed by atoms with Crippen molar-refractivity contribution in [1.29, 1.82) is 0 Å². The van der Waals surface area contributed by atoms with E-state index in [0.717, 1.165) is 0 Å². The summed E-state index contributed by atoms with van der Waals surface area (Å²) in [4.78, 5) is 0. The number of rotatable bonds is 0. The van der Waals surface area contributed by atoms with Crippen molar-refractivity contribution in [1.82, 2.24) is 0 Å². The summed E-state index contributed by atoms with van der Waals surface area (Å²) >= 11 is 0. The van der Waals surface area contributed by atoms with Gasteiger partial charge in [-0.2, -0.15) is 0 Å². The molecule has 0 saturated carbocycles. The average Bonchev–Trinajstić information content (AvgIpc) is 2.35. The smallest absolute Gasteiger partial charge is 0.0204 e. The van der Waals surface area contributed by atoms with Gasteiger partial charge in [0.2, 0.25) is 0 Å². The van der Waals surface area contributed by atoms with E-state index in [1.54, 1.807) is 0 Å². The highest BCUT2D eigenvalue weighted by Crippen LogP contribution is 2.22. The summed E-state index contributed by atoms with van der Waals surface area (Å²) in [7, 11) is 0. The van der Waals surface area contributed by atoms with E-state index in [4.69, 9.17) is 0 Å². The first-order valence-corrected chi connectivity index (χ1v) is 3.87. The van der Waals surface area contributed by atoms with Crippen molar-refractivity contribution in [3.8, 4) is 0 Å². The summed E-state index contributed by atoms with van der Waals surface area (Å²) in [5.41, 5.74) is 1.38. The quantitative estimate of drug-likeness (QED) is 0.488. The van der Waals surface area contributed by atoms with Gasteiger partial charge < -0.3 is 0 Å². The molecule has 0 saturated heterocycles. The Kier molecular flexibility index (Phi) is 1.60. The van der Waals surface area contributed by atoms with Gasteiger partial charge in [-0.05, 0) is 5.57 Å². The van der Waals surface area contributed by atoms with E-state index in [-0.39, 0.29) is 0 Å². The molecule has 0 aromatic carbocycles. The fourth-order valence-corrected chi connectivity index (χ4v) is 1.33. The maximum Gasteiger partial charge on any atom is 0.0204 e. The van der Waals surface area contributed by atoms with Crippen molar-refractivity contribution in [2.45, 2.75) is 0 Å². The molecule has 11 heavy (non-hydrogen) atoms. The van der Waals surface area contributed by atoms with Crippen LogP contribution in [0.25, 0.3) is 0 Å². The molecule has 1 unspecified atom stereocenters. The number of fused-ring (bicyclic) bond motifs is 1. The van der Waals surface area contributed by atoms with Crippen LogP contribution in [0.4, 0.5) is 0 Å². The van der Waals surface area contributed by atoms with Gasteiger partial charge >= 0.3 is 0 Å². The first-order chi connectivity index (χ1) is 5.47. The van der Waals surface area contributed by atoms with Crippen molar-refractivity contribution < 1.29 is 0 Å². The molecule has 0 bridgehead atoms. The number of hydrogen-bond donors (Lipinski definition) is 0. The van der Waals surface area contributed by atoms with Crippen molar-refractivity contribution in [3.05, 3.63) is 60.3 Å². The van der Waals surface area contributed by atoms with Crippen LogP contribution in [-0.4, -0.2) is 0 Å². The summed E-state index contributed by atoms with van der Waals surface area (Å²) in [6.07, 6.45) is 19.1. The summed E-state index contributed by atoms with van der Waals surface area (Å²) in [6, 6.07) is 0. The van der Waals surface area contributed by atoms with E-state index >= 15 is 0 Å². The van der Waals surface area contributed by atoms with Crippen LogP contribution in [0.1, 0.15) is 0 Å². The molecule has 0 heterocycles. The molecule has 54 valence electrons.